The highest BCUT2D eigenvalue weighted by Gasteiger charge is 2.06. The maximum absolute atomic E-state index is 2.37. The molecule has 0 radical (unpaired) electrons. The fourth-order valence-corrected chi connectivity index (χ4v) is 2.79. The monoisotopic (exact) mass is 461 g/mol. The van der Waals surface area contributed by atoms with Gasteiger partial charge in [-0.25, -0.2) is 0 Å². The molecular weight excluding hydrogens is 402 g/mol. The molecule has 0 N–H and O–H groups in total. The molecule has 0 saturated carbocycles. The highest BCUT2D eigenvalue weighted by molar-refractivity contribution is 6.07. The average molecular weight is 462 g/mol. The number of aryl methyl sites for hydroxylation is 1. The first-order valence-corrected chi connectivity index (χ1v) is 12.4. The van der Waals surface area contributed by atoms with E-state index in [4.69, 9.17) is 0 Å². The van der Waals surface area contributed by atoms with Gasteiger partial charge in [-0.05, 0) is 59.3 Å². The van der Waals surface area contributed by atoms with Gasteiger partial charge in [0.25, 0.3) is 0 Å². The third-order valence-electron chi connectivity index (χ3n) is 5.16. The van der Waals surface area contributed by atoms with Gasteiger partial charge >= 0.3 is 0 Å². The van der Waals surface area contributed by atoms with Gasteiger partial charge in [0, 0.05) is 28.4 Å². The number of benzene rings is 2. The van der Waals surface area contributed by atoms with Crippen LogP contribution < -0.4 is 0 Å². The first-order valence-electron chi connectivity index (χ1n) is 12.4. The molecule has 3 rings (SSSR count). The maximum atomic E-state index is 2.37. The largest absolute Gasteiger partial charge is 0.341 e. The number of rotatable bonds is 5. The highest BCUT2D eigenvalue weighted by atomic mass is 15.1. The number of aromatic nitrogens is 1. The van der Waals surface area contributed by atoms with Crippen molar-refractivity contribution < 1.29 is 0 Å². The van der Waals surface area contributed by atoms with E-state index >= 15 is 0 Å². The average Bonchev–Trinajstić information content (AvgIpc) is 3.19. The van der Waals surface area contributed by atoms with Crippen molar-refractivity contribution >= 4 is 21.8 Å². The molecule has 2 aromatic carbocycles. The number of nitrogens with zero attached hydrogens (tertiary/aromatic N) is 3. The van der Waals surface area contributed by atoms with Crippen molar-refractivity contribution in [2.45, 2.75) is 83.7 Å². The molecule has 0 bridgehead atoms. The Morgan fingerprint density at radius 2 is 0.818 bits per heavy atom. The van der Waals surface area contributed by atoms with Gasteiger partial charge in [0.15, 0.2) is 0 Å². The molecule has 0 spiro atoms. The summed E-state index contributed by atoms with van der Waals surface area (Å²) in [6.07, 6.45) is 0. The van der Waals surface area contributed by atoms with Crippen LogP contribution in [0, 0.1) is 0 Å². The predicted octanol–water partition coefficient (Wildman–Crippen LogP) is 9.06. The van der Waals surface area contributed by atoms with E-state index in [1.54, 1.807) is 0 Å². The zero-order chi connectivity index (χ0) is 24.2. The van der Waals surface area contributed by atoms with Crippen molar-refractivity contribution in [3.63, 3.8) is 0 Å². The Hall–Kier alpha value is -1.84. The first-order chi connectivity index (χ1) is 15.0. The van der Waals surface area contributed by atoms with Crippen molar-refractivity contribution in [1.29, 1.82) is 0 Å². The van der Waals surface area contributed by atoms with E-state index in [-0.39, 0.29) is 14.9 Å². The Bertz CT molecular complexity index is 705. The van der Waals surface area contributed by atoms with Gasteiger partial charge in [0.1, 0.15) is 0 Å². The lowest BCUT2D eigenvalue weighted by Crippen LogP contribution is -2.15. The summed E-state index contributed by atoms with van der Waals surface area (Å²) in [7, 11) is 4.22. The fourth-order valence-electron chi connectivity index (χ4n) is 2.79. The quantitative estimate of drug-likeness (QED) is 0.375. The molecule has 0 saturated heterocycles. The van der Waals surface area contributed by atoms with Crippen LogP contribution in [-0.2, 0) is 6.54 Å². The van der Waals surface area contributed by atoms with Crippen molar-refractivity contribution in [3.8, 4) is 0 Å². The van der Waals surface area contributed by atoms with E-state index in [2.05, 4.69) is 112 Å². The van der Waals surface area contributed by atoms with Gasteiger partial charge in [-0.3, -0.25) is 0 Å². The molecule has 3 nitrogen and oxygen atoms in total. The molecule has 3 heteroatoms. The number of hydrogen-bond acceptors (Lipinski definition) is 2. The summed E-state index contributed by atoms with van der Waals surface area (Å²) in [5.74, 6) is 0. The number of fused-ring (bicyclic) bond motifs is 3. The Balaban J connectivity index is -0.000000200. The Labute approximate surface area is 208 Å². The maximum Gasteiger partial charge on any atom is 0.0491 e. The zero-order valence-electron chi connectivity index (χ0n) is 22.5. The molecule has 0 unspecified atom stereocenters. The second-order valence-electron chi connectivity index (χ2n) is 6.76. The van der Waals surface area contributed by atoms with Gasteiger partial charge in [-0.15, -0.1) is 0 Å². The van der Waals surface area contributed by atoms with Crippen LogP contribution in [-0.4, -0.2) is 54.6 Å². The smallest absolute Gasteiger partial charge is 0.0491 e. The van der Waals surface area contributed by atoms with Crippen LogP contribution in [0.2, 0.25) is 0 Å². The summed E-state index contributed by atoms with van der Waals surface area (Å²) in [5, 5.41) is 2.71. The fraction of sp³-hybridized carbons (Fsp3) is 0.600. The molecule has 0 fully saturated rings. The van der Waals surface area contributed by atoms with Crippen LogP contribution in [0.1, 0.15) is 77.2 Å². The summed E-state index contributed by atoms with van der Waals surface area (Å²) < 4.78 is 2.37. The van der Waals surface area contributed by atoms with Gasteiger partial charge in [0.2, 0.25) is 0 Å². The Morgan fingerprint density at radius 3 is 1.03 bits per heavy atom. The minimum atomic E-state index is 0. The van der Waals surface area contributed by atoms with Gasteiger partial charge in [-0.1, -0.05) is 107 Å². The summed E-state index contributed by atoms with van der Waals surface area (Å²) in [5.41, 5.74) is 2.67. The van der Waals surface area contributed by atoms with Crippen molar-refractivity contribution in [2.24, 2.45) is 0 Å². The highest BCUT2D eigenvalue weighted by Crippen LogP contribution is 2.28. The van der Waals surface area contributed by atoms with Crippen molar-refractivity contribution in [3.05, 3.63) is 48.5 Å². The molecule has 33 heavy (non-hydrogen) atoms. The molecule has 0 aliphatic heterocycles. The molecular formula is C30H59N3. The molecule has 0 atom stereocenters. The standard InChI is InChI=1S/C14H13N.2C5H13N.2C2H6.2CH4/c1-2-15-13-9-5-3-7-11(13)12-8-4-6-10-14(12)15;2*1-4-6(3)5-2;2*1-2;;/h3-10H,2H2,1H3;2*4-5H2,1-3H3;2*1-2H3;2*1H4. The summed E-state index contributed by atoms with van der Waals surface area (Å²) >= 11 is 0. The van der Waals surface area contributed by atoms with Gasteiger partial charge in [-0.2, -0.15) is 0 Å². The van der Waals surface area contributed by atoms with Crippen molar-refractivity contribution in [2.75, 3.05) is 40.3 Å². The Kier molecular flexibility index (Phi) is 28.9. The molecule has 3 aromatic rings. The predicted molar refractivity (Wildman–Crippen MR) is 159 cm³/mol. The molecule has 0 aliphatic carbocycles. The van der Waals surface area contributed by atoms with Crippen LogP contribution in [0.25, 0.3) is 21.8 Å². The van der Waals surface area contributed by atoms with E-state index in [9.17, 15) is 0 Å². The summed E-state index contributed by atoms with van der Waals surface area (Å²) in [6, 6.07) is 17.2. The molecule has 0 aliphatic rings. The lowest BCUT2D eigenvalue weighted by atomic mass is 10.2. The van der Waals surface area contributed by atoms with E-state index in [1.165, 1.54) is 21.8 Å². The molecule has 194 valence electrons. The minimum absolute atomic E-state index is 0. The molecule has 1 heterocycles. The number of hydrogen-bond donors (Lipinski definition) is 0. The topological polar surface area (TPSA) is 11.4 Å². The zero-order valence-corrected chi connectivity index (χ0v) is 22.5. The van der Waals surface area contributed by atoms with Gasteiger partial charge in [0.05, 0.1) is 0 Å². The van der Waals surface area contributed by atoms with Crippen LogP contribution in [0.4, 0.5) is 0 Å². The van der Waals surface area contributed by atoms with Gasteiger partial charge < -0.3 is 14.4 Å². The lowest BCUT2D eigenvalue weighted by Gasteiger charge is -2.07. The van der Waals surface area contributed by atoms with E-state index < -0.39 is 0 Å². The van der Waals surface area contributed by atoms with E-state index in [0.717, 1.165) is 32.7 Å². The minimum Gasteiger partial charge on any atom is -0.341 e. The van der Waals surface area contributed by atoms with Crippen LogP contribution in [0.5, 0.6) is 0 Å². The summed E-state index contributed by atoms with van der Waals surface area (Å²) in [6.45, 7) is 24.5. The van der Waals surface area contributed by atoms with Crippen LogP contribution >= 0.6 is 0 Å². The first kappa shape index (κ1) is 38.4. The summed E-state index contributed by atoms with van der Waals surface area (Å²) in [4.78, 5) is 4.50. The third kappa shape index (κ3) is 13.5. The SMILES string of the molecule is C.C.CC.CC.CCN(C)CC.CCN(C)CC.CCn1c2ccccc2c2ccccc21. The number of para-hydroxylation sites is 2. The second kappa shape index (κ2) is 24.8. The Morgan fingerprint density at radius 1 is 0.545 bits per heavy atom. The molecule has 1 aromatic heterocycles. The van der Waals surface area contributed by atoms with Crippen LogP contribution in [0.3, 0.4) is 0 Å². The lowest BCUT2D eigenvalue weighted by molar-refractivity contribution is 0.373. The molecule has 0 amide bonds. The van der Waals surface area contributed by atoms with E-state index in [0.29, 0.717) is 0 Å². The third-order valence-corrected chi connectivity index (χ3v) is 5.16. The van der Waals surface area contributed by atoms with Crippen molar-refractivity contribution in [1.82, 2.24) is 14.4 Å². The normalized spacial score (nSPS) is 9.12. The van der Waals surface area contributed by atoms with Crippen LogP contribution in [0.15, 0.2) is 48.5 Å². The van der Waals surface area contributed by atoms with E-state index in [1.807, 2.05) is 27.7 Å². The second-order valence-corrected chi connectivity index (χ2v) is 6.76.